The molecule has 0 aromatic heterocycles. The number of alkyl halides is 3. The van der Waals surface area contributed by atoms with E-state index in [0.29, 0.717) is 29.3 Å². The lowest BCUT2D eigenvalue weighted by molar-refractivity contribution is -0.137. The number of nitrogens with two attached hydrogens (primary N) is 1. The molecule has 0 fully saturated rings. The molecule has 1 atom stereocenters. The highest BCUT2D eigenvalue weighted by Gasteiger charge is 2.33. The van der Waals surface area contributed by atoms with E-state index in [9.17, 15) is 26.4 Å². The van der Waals surface area contributed by atoms with Gasteiger partial charge in [-0.25, -0.2) is 5.01 Å². The Morgan fingerprint density at radius 3 is 2.33 bits per heavy atom. The zero-order valence-corrected chi connectivity index (χ0v) is 21.7. The number of hydrazone groups is 1. The highest BCUT2D eigenvalue weighted by atomic mass is 35.5. The van der Waals surface area contributed by atoms with Gasteiger partial charge in [-0.3, -0.25) is 10.1 Å². The molecule has 9 nitrogen and oxygen atoms in total. The van der Waals surface area contributed by atoms with Gasteiger partial charge in [-0.15, -0.1) is 4.40 Å². The molecule has 1 unspecified atom stereocenters. The first-order valence-corrected chi connectivity index (χ1v) is 12.7. The van der Waals surface area contributed by atoms with Crippen LogP contribution in [0, 0.1) is 0 Å². The molecular formula is C26H22ClF3N6O3S. The summed E-state index contributed by atoms with van der Waals surface area (Å²) in [5.74, 6) is -3.98. The molecule has 1 aliphatic heterocycles. The predicted molar refractivity (Wildman–Crippen MR) is 145 cm³/mol. The maximum Gasteiger partial charge on any atom is 0.416 e. The second-order valence-electron chi connectivity index (χ2n) is 7.91. The van der Waals surface area contributed by atoms with Crippen molar-refractivity contribution < 1.29 is 38.7 Å². The summed E-state index contributed by atoms with van der Waals surface area (Å²) < 4.78 is 144. The molecule has 4 rings (SSSR count). The highest BCUT2D eigenvalue weighted by Crippen LogP contribution is 2.32. The van der Waals surface area contributed by atoms with Crippen LogP contribution in [0.2, 0.25) is 5.02 Å². The van der Waals surface area contributed by atoms with E-state index in [4.69, 9.17) is 29.7 Å². The first kappa shape index (κ1) is 19.0. The van der Waals surface area contributed by atoms with Crippen LogP contribution in [0.15, 0.2) is 98.0 Å². The number of benzene rings is 3. The number of guanidine groups is 2. The minimum absolute atomic E-state index is 0.442. The molecule has 208 valence electrons. The summed E-state index contributed by atoms with van der Waals surface area (Å²) in [6, 6.07) is -4.54. The van der Waals surface area contributed by atoms with Gasteiger partial charge in [-0.1, -0.05) is 53.9 Å². The number of carbonyl (C=O) groups excluding carboxylic acids is 1. The second kappa shape index (κ2) is 11.5. The van der Waals surface area contributed by atoms with Gasteiger partial charge in [0.2, 0.25) is 11.9 Å². The lowest BCUT2D eigenvalue weighted by Gasteiger charge is -2.16. The lowest BCUT2D eigenvalue weighted by atomic mass is 9.91. The molecule has 3 aromatic rings. The average Bonchev–Trinajstić information content (AvgIpc) is 3.44. The number of rotatable bonds is 4. The Kier molecular flexibility index (Phi) is 5.44. The summed E-state index contributed by atoms with van der Waals surface area (Å²) in [7, 11) is -4.94. The molecule has 1 heterocycles. The molecule has 0 saturated carbocycles. The summed E-state index contributed by atoms with van der Waals surface area (Å²) in [6.07, 6.45) is -4.79. The van der Waals surface area contributed by atoms with Gasteiger partial charge in [0.25, 0.3) is 16.0 Å². The minimum atomic E-state index is -4.94. The monoisotopic (exact) mass is 599 g/mol. The predicted octanol–water partition coefficient (Wildman–Crippen LogP) is 4.36. The summed E-state index contributed by atoms with van der Waals surface area (Å²) in [6.45, 7) is 0.353. The number of amides is 1. The van der Waals surface area contributed by atoms with Gasteiger partial charge in [0.05, 0.1) is 35.1 Å². The molecule has 1 aliphatic rings. The van der Waals surface area contributed by atoms with E-state index in [1.54, 1.807) is 0 Å². The molecule has 3 aromatic carbocycles. The number of carbonyl (C=O) groups is 1. The van der Waals surface area contributed by atoms with Crippen LogP contribution in [0.25, 0.3) is 0 Å². The van der Waals surface area contributed by atoms with Crippen LogP contribution in [0.3, 0.4) is 0 Å². The fourth-order valence-corrected chi connectivity index (χ4v) is 4.39. The van der Waals surface area contributed by atoms with Crippen molar-refractivity contribution in [1.29, 1.82) is 0 Å². The molecular weight excluding hydrogens is 569 g/mol. The van der Waals surface area contributed by atoms with E-state index in [1.807, 2.05) is 0 Å². The SMILES string of the molecule is [2H]c1c([2H])c([2H])c(C2CN(C(N=C(N)NC(C)=O)=NS(=O)(=O)c3ccc(C(F)(F)F)cc3)N=C2c2c([2H])c([2H])c(Cl)c([2H])c2[2H])c([2H])c1[2H]. The standard InChI is InChI=1S/C26H22ClF3N6O3S/c1-16(37)32-24(31)33-25(35-40(38,39)21-13-9-19(10-14-21)26(28,29)30)36-15-22(17-5-3-2-4-6-17)23(34-36)18-7-11-20(27)12-8-18/h2-14,22H,15H2,1H3,(H3,31,32,33,35,37)/i2D,3D,4D,5D,6D,7D,8D,11D,12D. The number of nitrogens with zero attached hydrogens (tertiary/aromatic N) is 4. The van der Waals surface area contributed by atoms with E-state index in [0.717, 1.165) is 6.92 Å². The third-order valence-electron chi connectivity index (χ3n) is 5.07. The number of hydrogen-bond donors (Lipinski definition) is 2. The van der Waals surface area contributed by atoms with Gasteiger partial charge in [-0.05, 0) is 47.5 Å². The van der Waals surface area contributed by atoms with Gasteiger partial charge in [0, 0.05) is 17.9 Å². The number of hydrogen-bond acceptors (Lipinski definition) is 4. The van der Waals surface area contributed by atoms with Gasteiger partial charge < -0.3 is 5.73 Å². The second-order valence-corrected chi connectivity index (χ2v) is 9.90. The van der Waals surface area contributed by atoms with Crippen molar-refractivity contribution in [3.05, 3.63) is 100 Å². The van der Waals surface area contributed by atoms with Crippen LogP contribution in [0.5, 0.6) is 0 Å². The van der Waals surface area contributed by atoms with Crippen LogP contribution in [-0.2, 0) is 21.0 Å². The Morgan fingerprint density at radius 2 is 1.75 bits per heavy atom. The van der Waals surface area contributed by atoms with Crippen molar-refractivity contribution in [2.45, 2.75) is 23.9 Å². The van der Waals surface area contributed by atoms with E-state index >= 15 is 0 Å². The molecule has 0 aliphatic carbocycles. The third-order valence-corrected chi connectivity index (χ3v) is 6.53. The number of halogens is 4. The van der Waals surface area contributed by atoms with Crippen LogP contribution in [-0.4, -0.2) is 43.5 Å². The molecule has 0 spiro atoms. The first-order chi connectivity index (χ1) is 22.6. The molecule has 40 heavy (non-hydrogen) atoms. The summed E-state index contributed by atoms with van der Waals surface area (Å²) in [5.41, 5.74) is 3.15. The number of nitrogens with one attached hydrogen (secondary N) is 1. The average molecular weight is 600 g/mol. The van der Waals surface area contributed by atoms with E-state index in [1.165, 1.54) is 0 Å². The van der Waals surface area contributed by atoms with Crippen molar-refractivity contribution in [3.63, 3.8) is 0 Å². The van der Waals surface area contributed by atoms with Gasteiger partial charge >= 0.3 is 6.18 Å². The molecule has 0 bridgehead atoms. The Hall–Kier alpha value is -4.23. The van der Waals surface area contributed by atoms with Crippen molar-refractivity contribution in [1.82, 2.24) is 10.3 Å². The Morgan fingerprint density at radius 1 is 1.12 bits per heavy atom. The fraction of sp³-hybridized carbons (Fsp3) is 0.154. The quantitative estimate of drug-likeness (QED) is 0.340. The summed E-state index contributed by atoms with van der Waals surface area (Å²) >= 11 is 5.96. The van der Waals surface area contributed by atoms with E-state index in [-0.39, 0.29) is 0 Å². The molecule has 3 N–H and O–H groups in total. The van der Waals surface area contributed by atoms with E-state index in [2.05, 4.69) is 19.8 Å². The van der Waals surface area contributed by atoms with Gasteiger partial charge in [-0.2, -0.15) is 31.7 Å². The number of sulfonamides is 1. The van der Waals surface area contributed by atoms with Crippen LogP contribution >= 0.6 is 11.6 Å². The maximum absolute atomic E-state index is 13.3. The smallest absolute Gasteiger partial charge is 0.369 e. The molecule has 0 saturated heterocycles. The highest BCUT2D eigenvalue weighted by molar-refractivity contribution is 7.90. The van der Waals surface area contributed by atoms with Crippen molar-refractivity contribution in [3.8, 4) is 0 Å². The van der Waals surface area contributed by atoms with Crippen LogP contribution in [0.1, 0.15) is 41.9 Å². The zero-order chi connectivity index (χ0) is 36.9. The minimum Gasteiger partial charge on any atom is -0.369 e. The Labute approximate surface area is 245 Å². The summed E-state index contributed by atoms with van der Waals surface area (Å²) in [4.78, 5) is 14.7. The largest absolute Gasteiger partial charge is 0.416 e. The summed E-state index contributed by atoms with van der Waals surface area (Å²) in [5, 5.41) is 6.40. The third kappa shape index (κ3) is 6.85. The van der Waals surface area contributed by atoms with Gasteiger partial charge in [0.15, 0.2) is 0 Å². The Bertz CT molecular complexity index is 2040. The fourth-order valence-electron chi connectivity index (χ4n) is 3.36. The van der Waals surface area contributed by atoms with E-state index < -0.39 is 133 Å². The number of aliphatic imine (C=N–C) groups is 1. The van der Waals surface area contributed by atoms with Gasteiger partial charge in [0.1, 0.15) is 0 Å². The Balaban J connectivity index is 2.03. The van der Waals surface area contributed by atoms with Crippen molar-refractivity contribution in [2.24, 2.45) is 20.2 Å². The topological polar surface area (TPSA) is 130 Å². The van der Waals surface area contributed by atoms with Crippen molar-refractivity contribution >= 4 is 45.2 Å². The zero-order valence-electron chi connectivity index (χ0n) is 29.1. The molecule has 1 amide bonds. The normalized spacial score (nSPS) is 19.7. The van der Waals surface area contributed by atoms with Crippen LogP contribution in [0.4, 0.5) is 13.2 Å². The molecule has 0 radical (unpaired) electrons. The van der Waals surface area contributed by atoms with Crippen LogP contribution < -0.4 is 11.1 Å². The van der Waals surface area contributed by atoms with Crippen molar-refractivity contribution in [2.75, 3.05) is 6.54 Å². The first-order valence-electron chi connectivity index (χ1n) is 15.4. The lowest BCUT2D eigenvalue weighted by Crippen LogP contribution is -2.37. The maximum atomic E-state index is 13.3. The molecule has 14 heteroatoms.